The standard InChI is InChI=1S/C22H16N8O3/c1-12-19(21-25-16-8-7-14(33-2)9-18(16)30(21)28-12)26-27-20-13(10-23)11-24-29(20)17-6-4-3-5-15(17)22(31)32/h3-9,11,28H,1-2H3,(H,31,32). The number of azo groups is 1. The zero-order valence-electron chi connectivity index (χ0n) is 17.5. The Labute approximate surface area is 186 Å². The number of carboxylic acids is 1. The van der Waals surface area contributed by atoms with Gasteiger partial charge < -0.3 is 9.84 Å². The van der Waals surface area contributed by atoms with Gasteiger partial charge in [-0.1, -0.05) is 12.1 Å². The van der Waals surface area contributed by atoms with Crippen LogP contribution in [-0.4, -0.2) is 42.6 Å². The number of ether oxygens (including phenoxy) is 1. The molecule has 0 saturated heterocycles. The summed E-state index contributed by atoms with van der Waals surface area (Å²) in [7, 11) is 1.59. The number of aryl methyl sites for hydroxylation is 1. The summed E-state index contributed by atoms with van der Waals surface area (Å²) in [5, 5.41) is 35.1. The highest BCUT2D eigenvalue weighted by Crippen LogP contribution is 2.32. The van der Waals surface area contributed by atoms with Crippen molar-refractivity contribution in [2.24, 2.45) is 10.2 Å². The summed E-state index contributed by atoms with van der Waals surface area (Å²) < 4.78 is 8.37. The minimum atomic E-state index is -1.12. The van der Waals surface area contributed by atoms with E-state index < -0.39 is 5.97 Å². The Bertz CT molecular complexity index is 1620. The van der Waals surface area contributed by atoms with Gasteiger partial charge in [-0.05, 0) is 31.2 Å². The first-order valence-electron chi connectivity index (χ1n) is 9.79. The number of nitrogens with one attached hydrogen (secondary N) is 1. The van der Waals surface area contributed by atoms with Crippen molar-refractivity contribution in [3.63, 3.8) is 0 Å². The average Bonchev–Trinajstić information content (AvgIpc) is 3.48. The van der Waals surface area contributed by atoms with E-state index in [1.807, 2.05) is 31.2 Å². The number of benzene rings is 2. The van der Waals surface area contributed by atoms with Crippen molar-refractivity contribution in [2.45, 2.75) is 6.92 Å². The fourth-order valence-electron chi connectivity index (χ4n) is 3.59. The number of carboxylic acid groups (broad SMARTS) is 1. The lowest BCUT2D eigenvalue weighted by Gasteiger charge is -2.07. The van der Waals surface area contributed by atoms with Crippen LogP contribution >= 0.6 is 0 Å². The smallest absolute Gasteiger partial charge is 0.337 e. The van der Waals surface area contributed by atoms with Crippen LogP contribution in [0.5, 0.6) is 5.75 Å². The van der Waals surface area contributed by atoms with Gasteiger partial charge in [-0.25, -0.2) is 19.0 Å². The number of hydrogen-bond acceptors (Lipinski definition) is 7. The lowest BCUT2D eigenvalue weighted by Crippen LogP contribution is -2.06. The van der Waals surface area contributed by atoms with E-state index in [0.717, 1.165) is 11.0 Å². The number of hydrogen-bond donors (Lipinski definition) is 2. The van der Waals surface area contributed by atoms with Gasteiger partial charge in [0.1, 0.15) is 17.4 Å². The lowest BCUT2D eigenvalue weighted by atomic mass is 10.2. The van der Waals surface area contributed by atoms with Gasteiger partial charge in [-0.15, -0.1) is 10.2 Å². The van der Waals surface area contributed by atoms with Gasteiger partial charge in [0, 0.05) is 6.07 Å². The first kappa shape index (κ1) is 20.0. The number of aromatic amines is 1. The van der Waals surface area contributed by atoms with Gasteiger partial charge in [0.15, 0.2) is 17.2 Å². The van der Waals surface area contributed by atoms with Crippen molar-refractivity contribution >= 4 is 34.2 Å². The number of H-pyrrole nitrogens is 1. The molecule has 0 fully saturated rings. The molecule has 11 heteroatoms. The number of para-hydroxylation sites is 1. The number of aromatic carboxylic acids is 1. The Morgan fingerprint density at radius 1 is 1.24 bits per heavy atom. The molecule has 3 aromatic heterocycles. The largest absolute Gasteiger partial charge is 0.497 e. The van der Waals surface area contributed by atoms with Crippen LogP contribution in [0.4, 0.5) is 11.5 Å². The maximum absolute atomic E-state index is 11.7. The molecule has 0 atom stereocenters. The van der Waals surface area contributed by atoms with Crippen LogP contribution in [0.15, 0.2) is 58.9 Å². The zero-order chi connectivity index (χ0) is 23.1. The molecule has 0 aliphatic rings. The summed E-state index contributed by atoms with van der Waals surface area (Å²) in [6.07, 6.45) is 1.32. The number of rotatable bonds is 5. The number of carbonyl (C=O) groups is 1. The summed E-state index contributed by atoms with van der Waals surface area (Å²) in [6.45, 7) is 1.83. The van der Waals surface area contributed by atoms with Crippen LogP contribution in [0.2, 0.25) is 0 Å². The van der Waals surface area contributed by atoms with Gasteiger partial charge in [0.25, 0.3) is 0 Å². The molecule has 0 saturated carbocycles. The predicted molar refractivity (Wildman–Crippen MR) is 118 cm³/mol. The van der Waals surface area contributed by atoms with E-state index in [0.29, 0.717) is 22.8 Å². The predicted octanol–water partition coefficient (Wildman–Crippen LogP) is 4.30. The van der Waals surface area contributed by atoms with E-state index >= 15 is 0 Å². The first-order valence-corrected chi connectivity index (χ1v) is 9.79. The molecule has 3 heterocycles. The highest BCUT2D eigenvalue weighted by molar-refractivity contribution is 5.92. The summed E-state index contributed by atoms with van der Waals surface area (Å²) in [6, 6.07) is 13.9. The fourth-order valence-corrected chi connectivity index (χ4v) is 3.59. The number of fused-ring (bicyclic) bond motifs is 3. The van der Waals surface area contributed by atoms with Crippen LogP contribution in [0, 0.1) is 18.3 Å². The van der Waals surface area contributed by atoms with E-state index in [4.69, 9.17) is 4.74 Å². The Morgan fingerprint density at radius 3 is 2.82 bits per heavy atom. The number of aromatic nitrogens is 5. The number of nitriles is 1. The van der Waals surface area contributed by atoms with E-state index in [1.165, 1.54) is 16.9 Å². The quantitative estimate of drug-likeness (QED) is 0.390. The Kier molecular flexibility index (Phi) is 4.60. The average molecular weight is 440 g/mol. The summed E-state index contributed by atoms with van der Waals surface area (Å²) in [4.78, 5) is 16.3. The molecule has 0 amide bonds. The fraction of sp³-hybridized carbons (Fsp3) is 0.0909. The minimum Gasteiger partial charge on any atom is -0.497 e. The van der Waals surface area contributed by atoms with Crippen LogP contribution in [0.3, 0.4) is 0 Å². The Balaban J connectivity index is 1.65. The van der Waals surface area contributed by atoms with Gasteiger partial charge in [0.2, 0.25) is 0 Å². The summed E-state index contributed by atoms with van der Waals surface area (Å²) in [5.74, 6) is -0.313. The molecule has 2 N–H and O–H groups in total. The highest BCUT2D eigenvalue weighted by atomic mass is 16.5. The lowest BCUT2D eigenvalue weighted by molar-refractivity contribution is 0.0696. The second kappa shape index (κ2) is 7.61. The Hall–Kier alpha value is -4.98. The van der Waals surface area contributed by atoms with Crippen molar-refractivity contribution < 1.29 is 14.6 Å². The Morgan fingerprint density at radius 2 is 2.06 bits per heavy atom. The molecule has 162 valence electrons. The van der Waals surface area contributed by atoms with Gasteiger partial charge in [0.05, 0.1) is 41.3 Å². The number of nitrogens with zero attached hydrogens (tertiary/aromatic N) is 7. The third-order valence-electron chi connectivity index (χ3n) is 5.18. The zero-order valence-corrected chi connectivity index (χ0v) is 17.5. The van der Waals surface area contributed by atoms with Crippen LogP contribution in [0.1, 0.15) is 21.6 Å². The molecular weight excluding hydrogens is 424 g/mol. The molecule has 0 unspecified atom stereocenters. The second-order valence-corrected chi connectivity index (χ2v) is 7.14. The topological polar surface area (TPSA) is 146 Å². The third-order valence-corrected chi connectivity index (χ3v) is 5.18. The molecule has 0 radical (unpaired) electrons. The van der Waals surface area contributed by atoms with Crippen molar-refractivity contribution in [3.05, 3.63) is 65.5 Å². The van der Waals surface area contributed by atoms with E-state index in [-0.39, 0.29) is 22.6 Å². The third kappa shape index (κ3) is 3.17. The monoisotopic (exact) mass is 440 g/mol. The highest BCUT2D eigenvalue weighted by Gasteiger charge is 2.19. The molecule has 0 aliphatic heterocycles. The maximum Gasteiger partial charge on any atom is 0.337 e. The molecular formula is C22H16N8O3. The van der Waals surface area contributed by atoms with Crippen LogP contribution in [-0.2, 0) is 0 Å². The van der Waals surface area contributed by atoms with Crippen molar-refractivity contribution in [1.82, 2.24) is 24.4 Å². The SMILES string of the molecule is COc1ccc2nc3c(N=Nc4c(C#N)cnn4-c4ccccc4C(=O)O)c(C)[nH]n3c2c1. The van der Waals surface area contributed by atoms with Crippen LogP contribution < -0.4 is 4.74 Å². The van der Waals surface area contributed by atoms with Crippen molar-refractivity contribution in [3.8, 4) is 17.5 Å². The summed E-state index contributed by atoms with van der Waals surface area (Å²) in [5.41, 5.74) is 3.75. The van der Waals surface area contributed by atoms with Crippen molar-refractivity contribution in [1.29, 1.82) is 5.26 Å². The molecule has 0 aliphatic carbocycles. The van der Waals surface area contributed by atoms with Crippen molar-refractivity contribution in [2.75, 3.05) is 7.11 Å². The maximum atomic E-state index is 11.7. The molecule has 33 heavy (non-hydrogen) atoms. The summed E-state index contributed by atoms with van der Waals surface area (Å²) >= 11 is 0. The van der Waals surface area contributed by atoms with Gasteiger partial charge >= 0.3 is 5.97 Å². The first-order chi connectivity index (χ1) is 16.0. The molecule has 11 nitrogen and oxygen atoms in total. The number of imidazole rings is 1. The second-order valence-electron chi connectivity index (χ2n) is 7.14. The number of methoxy groups -OCH3 is 1. The molecule has 0 spiro atoms. The normalized spacial score (nSPS) is 11.4. The van der Waals surface area contributed by atoms with Gasteiger partial charge in [-0.3, -0.25) is 5.10 Å². The van der Waals surface area contributed by atoms with E-state index in [2.05, 4.69) is 25.4 Å². The molecule has 5 rings (SSSR count). The minimum absolute atomic E-state index is 0.0233. The molecule has 0 bridgehead atoms. The molecule has 2 aromatic carbocycles. The molecule has 5 aromatic rings. The van der Waals surface area contributed by atoms with Crippen LogP contribution in [0.25, 0.3) is 22.4 Å². The van der Waals surface area contributed by atoms with E-state index in [9.17, 15) is 15.2 Å². The van der Waals surface area contributed by atoms with E-state index in [1.54, 1.807) is 29.8 Å². The van der Waals surface area contributed by atoms with Gasteiger partial charge in [-0.2, -0.15) is 10.4 Å².